The van der Waals surface area contributed by atoms with Crippen molar-refractivity contribution in [3.05, 3.63) is 59.7 Å². The molecule has 2 N–H and O–H groups in total. The highest BCUT2D eigenvalue weighted by atomic mass is 16.5. The highest BCUT2D eigenvalue weighted by Crippen LogP contribution is 2.22. The highest BCUT2D eigenvalue weighted by molar-refractivity contribution is 5.92. The largest absolute Gasteiger partial charge is 0.457 e. The van der Waals surface area contributed by atoms with Crippen molar-refractivity contribution in [1.29, 1.82) is 0 Å². The normalized spacial score (nSPS) is 10.1. The smallest absolute Gasteiger partial charge is 0.338 e. The van der Waals surface area contributed by atoms with Crippen molar-refractivity contribution in [2.24, 2.45) is 0 Å². The van der Waals surface area contributed by atoms with Gasteiger partial charge in [0.15, 0.2) is 0 Å². The molecule has 0 radical (unpaired) electrons. The van der Waals surface area contributed by atoms with Gasteiger partial charge in [0, 0.05) is 14.1 Å². The molecule has 0 bridgehead atoms. The third-order valence-electron chi connectivity index (χ3n) is 2.96. The van der Waals surface area contributed by atoms with Crippen LogP contribution < -0.4 is 10.6 Å². The lowest BCUT2D eigenvalue weighted by atomic mass is 10.1. The van der Waals surface area contributed by atoms with Crippen LogP contribution in [0.2, 0.25) is 0 Å². The van der Waals surface area contributed by atoms with E-state index in [1.54, 1.807) is 12.1 Å². The zero-order chi connectivity index (χ0) is 14.5. The third-order valence-corrected chi connectivity index (χ3v) is 2.96. The second-order valence-corrected chi connectivity index (χ2v) is 4.73. The van der Waals surface area contributed by atoms with E-state index in [-0.39, 0.29) is 12.6 Å². The van der Waals surface area contributed by atoms with E-state index in [2.05, 4.69) is 0 Å². The maximum Gasteiger partial charge on any atom is 0.338 e. The Bertz CT molecular complexity index is 595. The average molecular weight is 270 g/mol. The van der Waals surface area contributed by atoms with Crippen LogP contribution in [0.15, 0.2) is 48.5 Å². The molecule has 104 valence electrons. The summed E-state index contributed by atoms with van der Waals surface area (Å²) in [6.45, 7) is 0.259. The lowest BCUT2D eigenvalue weighted by Crippen LogP contribution is -2.12. The Hall–Kier alpha value is -2.49. The van der Waals surface area contributed by atoms with Gasteiger partial charge in [0.05, 0.1) is 16.9 Å². The molecule has 2 aromatic carbocycles. The molecule has 0 aliphatic carbocycles. The molecule has 2 rings (SSSR count). The van der Waals surface area contributed by atoms with E-state index in [0.29, 0.717) is 11.3 Å². The van der Waals surface area contributed by atoms with Gasteiger partial charge >= 0.3 is 5.97 Å². The van der Waals surface area contributed by atoms with Crippen molar-refractivity contribution >= 4 is 17.3 Å². The van der Waals surface area contributed by atoms with Gasteiger partial charge in [-0.05, 0) is 23.8 Å². The summed E-state index contributed by atoms with van der Waals surface area (Å²) in [6.07, 6.45) is 0. The fourth-order valence-electron chi connectivity index (χ4n) is 1.90. The molecule has 0 aliphatic heterocycles. The van der Waals surface area contributed by atoms with Gasteiger partial charge in [-0.2, -0.15) is 0 Å². The quantitative estimate of drug-likeness (QED) is 0.685. The van der Waals surface area contributed by atoms with Crippen LogP contribution in [0.5, 0.6) is 0 Å². The summed E-state index contributed by atoms with van der Waals surface area (Å²) in [6, 6.07) is 14.7. The van der Waals surface area contributed by atoms with Gasteiger partial charge in [0.25, 0.3) is 0 Å². The number of carbonyl (C=O) groups excluding carboxylic acids is 1. The van der Waals surface area contributed by atoms with Crippen molar-refractivity contribution in [3.63, 3.8) is 0 Å². The summed E-state index contributed by atoms with van der Waals surface area (Å²) in [5, 5.41) is 0. The molecule has 0 amide bonds. The van der Waals surface area contributed by atoms with Crippen molar-refractivity contribution in [2.45, 2.75) is 6.61 Å². The maximum absolute atomic E-state index is 12.0. The molecule has 20 heavy (non-hydrogen) atoms. The molecule has 0 saturated heterocycles. The standard InChI is InChI=1S/C16H18N2O2/c1-18(2)15-9-8-13(10-14(15)17)16(19)20-11-12-6-4-3-5-7-12/h3-10H,11,17H2,1-2H3. The third kappa shape index (κ3) is 3.29. The average Bonchev–Trinajstić information content (AvgIpc) is 2.45. The van der Waals surface area contributed by atoms with E-state index in [9.17, 15) is 4.79 Å². The number of nitrogens with zero attached hydrogens (tertiary/aromatic N) is 1. The molecule has 0 spiro atoms. The molecule has 0 aromatic heterocycles. The molecule has 0 unspecified atom stereocenters. The van der Waals surface area contributed by atoms with Crippen LogP contribution in [0.4, 0.5) is 11.4 Å². The van der Waals surface area contributed by atoms with Crippen LogP contribution in [0, 0.1) is 0 Å². The minimum absolute atomic E-state index is 0.259. The van der Waals surface area contributed by atoms with Crippen LogP contribution >= 0.6 is 0 Å². The van der Waals surface area contributed by atoms with E-state index in [0.717, 1.165) is 11.3 Å². The Morgan fingerprint density at radius 2 is 1.85 bits per heavy atom. The molecule has 0 atom stereocenters. The van der Waals surface area contributed by atoms with Gasteiger partial charge < -0.3 is 15.4 Å². The fraction of sp³-hybridized carbons (Fsp3) is 0.188. The Balaban J connectivity index is 2.04. The molecule has 0 saturated carbocycles. The van der Waals surface area contributed by atoms with E-state index < -0.39 is 0 Å². The van der Waals surface area contributed by atoms with E-state index >= 15 is 0 Å². The van der Waals surface area contributed by atoms with Gasteiger partial charge in [-0.25, -0.2) is 4.79 Å². The summed E-state index contributed by atoms with van der Waals surface area (Å²) >= 11 is 0. The lowest BCUT2D eigenvalue weighted by molar-refractivity contribution is 0.0473. The molecular formula is C16H18N2O2. The van der Waals surface area contributed by atoms with E-state index in [4.69, 9.17) is 10.5 Å². The SMILES string of the molecule is CN(C)c1ccc(C(=O)OCc2ccccc2)cc1N. The topological polar surface area (TPSA) is 55.6 Å². The van der Waals surface area contributed by atoms with Gasteiger partial charge in [0.2, 0.25) is 0 Å². The van der Waals surface area contributed by atoms with Crippen LogP contribution in [0.3, 0.4) is 0 Å². The number of ether oxygens (including phenoxy) is 1. The van der Waals surface area contributed by atoms with Crippen molar-refractivity contribution < 1.29 is 9.53 Å². The number of anilines is 2. The highest BCUT2D eigenvalue weighted by Gasteiger charge is 2.10. The molecule has 0 aliphatic rings. The molecular weight excluding hydrogens is 252 g/mol. The van der Waals surface area contributed by atoms with Gasteiger partial charge in [-0.15, -0.1) is 0 Å². The number of esters is 1. The zero-order valence-corrected chi connectivity index (χ0v) is 11.7. The predicted octanol–water partition coefficient (Wildman–Crippen LogP) is 2.69. The van der Waals surface area contributed by atoms with Crippen molar-refractivity contribution in [1.82, 2.24) is 0 Å². The van der Waals surface area contributed by atoms with Gasteiger partial charge in [0.1, 0.15) is 6.61 Å². The zero-order valence-electron chi connectivity index (χ0n) is 11.7. The number of nitrogens with two attached hydrogens (primary N) is 1. The van der Waals surface area contributed by atoms with E-state index in [1.807, 2.05) is 55.4 Å². The molecule has 4 heteroatoms. The number of rotatable bonds is 4. The Labute approximate surface area is 118 Å². The van der Waals surface area contributed by atoms with Crippen molar-refractivity contribution in [3.8, 4) is 0 Å². The number of nitrogen functional groups attached to an aromatic ring is 1. The Morgan fingerprint density at radius 3 is 2.45 bits per heavy atom. The lowest BCUT2D eigenvalue weighted by Gasteiger charge is -2.15. The van der Waals surface area contributed by atoms with Crippen LogP contribution in [-0.4, -0.2) is 20.1 Å². The van der Waals surface area contributed by atoms with Crippen LogP contribution in [0.1, 0.15) is 15.9 Å². The molecule has 0 fully saturated rings. The fourth-order valence-corrected chi connectivity index (χ4v) is 1.90. The summed E-state index contributed by atoms with van der Waals surface area (Å²) in [4.78, 5) is 13.9. The first-order valence-electron chi connectivity index (χ1n) is 6.36. The van der Waals surface area contributed by atoms with E-state index in [1.165, 1.54) is 0 Å². The summed E-state index contributed by atoms with van der Waals surface area (Å²) in [7, 11) is 3.80. The summed E-state index contributed by atoms with van der Waals surface area (Å²) in [5.41, 5.74) is 8.78. The van der Waals surface area contributed by atoms with Crippen LogP contribution in [-0.2, 0) is 11.3 Å². The molecule has 2 aromatic rings. The Morgan fingerprint density at radius 1 is 1.15 bits per heavy atom. The first-order chi connectivity index (χ1) is 9.58. The van der Waals surface area contributed by atoms with Crippen LogP contribution in [0.25, 0.3) is 0 Å². The first-order valence-corrected chi connectivity index (χ1v) is 6.36. The Kier molecular flexibility index (Phi) is 4.25. The minimum atomic E-state index is -0.370. The summed E-state index contributed by atoms with van der Waals surface area (Å²) < 4.78 is 5.26. The molecule has 4 nitrogen and oxygen atoms in total. The summed E-state index contributed by atoms with van der Waals surface area (Å²) in [5.74, 6) is -0.370. The predicted molar refractivity (Wildman–Crippen MR) is 80.7 cm³/mol. The number of carbonyl (C=O) groups is 1. The second kappa shape index (κ2) is 6.10. The minimum Gasteiger partial charge on any atom is -0.457 e. The number of hydrogen-bond acceptors (Lipinski definition) is 4. The number of hydrogen-bond donors (Lipinski definition) is 1. The maximum atomic E-state index is 12.0. The van der Waals surface area contributed by atoms with Gasteiger partial charge in [-0.3, -0.25) is 0 Å². The molecule has 0 heterocycles. The monoisotopic (exact) mass is 270 g/mol. The number of benzene rings is 2. The van der Waals surface area contributed by atoms with Crippen molar-refractivity contribution in [2.75, 3.05) is 24.7 Å². The second-order valence-electron chi connectivity index (χ2n) is 4.73. The van der Waals surface area contributed by atoms with Gasteiger partial charge in [-0.1, -0.05) is 30.3 Å². The first kappa shape index (κ1) is 13.9.